The molecule has 18 heavy (non-hydrogen) atoms. The molecule has 1 rings (SSSR count). The number of benzene rings is 1. The Morgan fingerprint density at radius 3 is 2.50 bits per heavy atom. The fraction of sp³-hybridized carbons (Fsp3) is 0.400. The van der Waals surface area contributed by atoms with Crippen molar-refractivity contribution in [3.8, 4) is 0 Å². The number of rotatable bonds is 7. The van der Waals surface area contributed by atoms with Gasteiger partial charge in [-0.15, -0.1) is 0 Å². The first-order valence-electron chi connectivity index (χ1n) is 6.39. The Labute approximate surface area is 110 Å². The molecule has 3 heteroatoms. The van der Waals surface area contributed by atoms with E-state index in [1.165, 1.54) is 5.56 Å². The van der Waals surface area contributed by atoms with E-state index in [0.717, 1.165) is 36.6 Å². The first-order chi connectivity index (χ1) is 8.65. The topological polar surface area (TPSA) is 36.4 Å². The van der Waals surface area contributed by atoms with Crippen LogP contribution in [0.1, 0.15) is 32.3 Å². The predicted octanol–water partition coefficient (Wildman–Crippen LogP) is 3.55. The summed E-state index contributed by atoms with van der Waals surface area (Å²) >= 11 is 0. The molecule has 0 heterocycles. The molecular weight excluding hydrogens is 222 g/mol. The number of aliphatic imine (C=N–C) groups is 1. The number of hydrogen-bond donors (Lipinski definition) is 2. The van der Waals surface area contributed by atoms with Gasteiger partial charge in [-0.1, -0.05) is 32.1 Å². The molecule has 0 amide bonds. The molecule has 0 aromatic heterocycles. The summed E-state index contributed by atoms with van der Waals surface area (Å²) in [7, 11) is 1.92. The minimum Gasteiger partial charge on any atom is -0.388 e. The highest BCUT2D eigenvalue weighted by Crippen LogP contribution is 2.08. The third kappa shape index (κ3) is 5.04. The summed E-state index contributed by atoms with van der Waals surface area (Å²) in [4.78, 5) is 4.41. The molecule has 0 atom stereocenters. The first-order valence-corrected chi connectivity index (χ1v) is 6.39. The fourth-order valence-electron chi connectivity index (χ4n) is 1.68. The molecule has 0 spiro atoms. The van der Waals surface area contributed by atoms with Crippen LogP contribution in [-0.2, 0) is 6.54 Å². The number of nitrogens with zero attached hydrogens (tertiary/aromatic N) is 1. The van der Waals surface area contributed by atoms with Crippen LogP contribution in [0.25, 0.3) is 0 Å². The van der Waals surface area contributed by atoms with Crippen LogP contribution in [0.4, 0.5) is 5.69 Å². The maximum Gasteiger partial charge on any atom is 0.118 e. The summed E-state index contributed by atoms with van der Waals surface area (Å²) < 4.78 is 0. The molecule has 0 aliphatic carbocycles. The Morgan fingerprint density at radius 2 is 1.94 bits per heavy atom. The number of hydrogen-bond acceptors (Lipinski definition) is 3. The molecule has 0 saturated carbocycles. The maximum atomic E-state index is 4.41. The molecule has 0 radical (unpaired) electrons. The Bertz CT molecular complexity index is 404. The van der Waals surface area contributed by atoms with Gasteiger partial charge in [-0.2, -0.15) is 0 Å². The van der Waals surface area contributed by atoms with Crippen molar-refractivity contribution in [1.29, 1.82) is 0 Å². The van der Waals surface area contributed by atoms with Gasteiger partial charge in [-0.25, -0.2) is 4.99 Å². The van der Waals surface area contributed by atoms with Crippen LogP contribution in [0, 0.1) is 0 Å². The average molecular weight is 245 g/mol. The van der Waals surface area contributed by atoms with Crippen molar-refractivity contribution in [3.05, 3.63) is 42.2 Å². The second kappa shape index (κ2) is 7.54. The molecule has 0 aliphatic heterocycles. The zero-order valence-electron chi connectivity index (χ0n) is 11.6. The van der Waals surface area contributed by atoms with Crippen LogP contribution in [0.5, 0.6) is 0 Å². The van der Waals surface area contributed by atoms with E-state index < -0.39 is 0 Å². The lowest BCUT2D eigenvalue weighted by Crippen LogP contribution is -2.11. The van der Waals surface area contributed by atoms with E-state index >= 15 is 0 Å². The zero-order valence-corrected chi connectivity index (χ0v) is 11.6. The fourth-order valence-corrected chi connectivity index (χ4v) is 1.68. The van der Waals surface area contributed by atoms with Crippen molar-refractivity contribution in [2.24, 2.45) is 4.99 Å². The third-order valence-electron chi connectivity index (χ3n) is 2.68. The van der Waals surface area contributed by atoms with Crippen LogP contribution < -0.4 is 10.6 Å². The maximum absolute atomic E-state index is 4.41. The van der Waals surface area contributed by atoms with Gasteiger partial charge in [0.2, 0.25) is 0 Å². The largest absolute Gasteiger partial charge is 0.388 e. The third-order valence-corrected chi connectivity index (χ3v) is 2.68. The van der Waals surface area contributed by atoms with Crippen molar-refractivity contribution in [2.75, 3.05) is 12.4 Å². The molecule has 2 N–H and O–H groups in total. The smallest absolute Gasteiger partial charge is 0.118 e. The number of nitrogens with one attached hydrogen (secondary N) is 2. The molecule has 0 bridgehead atoms. The second-order valence-corrected chi connectivity index (χ2v) is 4.34. The van der Waals surface area contributed by atoms with Crippen LogP contribution in [0.15, 0.2) is 41.7 Å². The van der Waals surface area contributed by atoms with Crippen molar-refractivity contribution in [2.45, 2.75) is 33.2 Å². The normalized spacial score (nSPS) is 11.2. The van der Waals surface area contributed by atoms with Crippen LogP contribution in [0.2, 0.25) is 0 Å². The van der Waals surface area contributed by atoms with Crippen LogP contribution in [0.3, 0.4) is 0 Å². The Kier molecular flexibility index (Phi) is 5.98. The van der Waals surface area contributed by atoms with E-state index in [4.69, 9.17) is 0 Å². The molecule has 0 fully saturated rings. The highest BCUT2D eigenvalue weighted by atomic mass is 15.0. The van der Waals surface area contributed by atoms with E-state index in [9.17, 15) is 0 Å². The van der Waals surface area contributed by atoms with E-state index in [1.807, 2.05) is 14.0 Å². The van der Waals surface area contributed by atoms with Gasteiger partial charge in [-0.3, -0.25) is 0 Å². The van der Waals surface area contributed by atoms with Gasteiger partial charge in [0.15, 0.2) is 0 Å². The van der Waals surface area contributed by atoms with E-state index in [-0.39, 0.29) is 0 Å². The molecular formula is C15H23N3. The number of anilines is 1. The van der Waals surface area contributed by atoms with Gasteiger partial charge in [0.05, 0.1) is 0 Å². The lowest BCUT2D eigenvalue weighted by molar-refractivity contribution is 0.801. The van der Waals surface area contributed by atoms with Gasteiger partial charge in [-0.05, 0) is 31.0 Å². The van der Waals surface area contributed by atoms with Crippen molar-refractivity contribution in [3.63, 3.8) is 0 Å². The van der Waals surface area contributed by atoms with Gasteiger partial charge < -0.3 is 10.6 Å². The molecule has 3 nitrogen and oxygen atoms in total. The Balaban J connectivity index is 2.44. The predicted molar refractivity (Wildman–Crippen MR) is 80.0 cm³/mol. The minimum absolute atomic E-state index is 0.735. The van der Waals surface area contributed by atoms with E-state index in [0.29, 0.717) is 0 Å². The minimum atomic E-state index is 0.735. The quantitative estimate of drug-likeness (QED) is 0.721. The molecule has 0 unspecified atom stereocenters. The standard InChI is InChI=1S/C15H23N3/c1-5-6-12(2)18-13(3)17-11-14-7-9-15(16-4)10-8-14/h7-10,16-17H,3,5-6,11H2,1-2,4H3. The summed E-state index contributed by atoms with van der Waals surface area (Å²) in [5.41, 5.74) is 3.47. The highest BCUT2D eigenvalue weighted by molar-refractivity contribution is 5.82. The highest BCUT2D eigenvalue weighted by Gasteiger charge is 1.95. The lowest BCUT2D eigenvalue weighted by atomic mass is 10.2. The second-order valence-electron chi connectivity index (χ2n) is 4.34. The van der Waals surface area contributed by atoms with E-state index in [1.54, 1.807) is 0 Å². The Morgan fingerprint density at radius 1 is 1.28 bits per heavy atom. The van der Waals surface area contributed by atoms with Gasteiger partial charge in [0.25, 0.3) is 0 Å². The van der Waals surface area contributed by atoms with Crippen LogP contribution in [-0.4, -0.2) is 12.8 Å². The van der Waals surface area contributed by atoms with Crippen molar-refractivity contribution in [1.82, 2.24) is 5.32 Å². The Hall–Kier alpha value is -1.77. The summed E-state index contributed by atoms with van der Waals surface area (Å²) in [6.07, 6.45) is 2.14. The summed E-state index contributed by atoms with van der Waals surface area (Å²) in [5.74, 6) is 0.735. The molecule has 98 valence electrons. The SMILES string of the molecule is C=C(N=C(C)CCC)NCc1ccc(NC)cc1. The van der Waals surface area contributed by atoms with Gasteiger partial charge in [0, 0.05) is 25.0 Å². The van der Waals surface area contributed by atoms with Crippen molar-refractivity contribution >= 4 is 11.4 Å². The lowest BCUT2D eigenvalue weighted by Gasteiger charge is -2.08. The molecule has 0 aliphatic rings. The molecule has 0 saturated heterocycles. The first kappa shape index (κ1) is 14.3. The average Bonchev–Trinajstić information content (AvgIpc) is 2.37. The zero-order chi connectivity index (χ0) is 13.4. The van der Waals surface area contributed by atoms with Crippen molar-refractivity contribution < 1.29 is 0 Å². The van der Waals surface area contributed by atoms with Gasteiger partial charge in [0.1, 0.15) is 5.82 Å². The van der Waals surface area contributed by atoms with Gasteiger partial charge >= 0.3 is 0 Å². The monoisotopic (exact) mass is 245 g/mol. The summed E-state index contributed by atoms with van der Waals surface area (Å²) in [5, 5.41) is 6.32. The van der Waals surface area contributed by atoms with E-state index in [2.05, 4.69) is 53.4 Å². The van der Waals surface area contributed by atoms with Crippen LogP contribution >= 0.6 is 0 Å². The summed E-state index contributed by atoms with van der Waals surface area (Å²) in [6.45, 7) is 8.86. The molecule has 1 aromatic carbocycles. The summed E-state index contributed by atoms with van der Waals surface area (Å²) in [6, 6.07) is 8.31. The molecule has 1 aromatic rings.